The van der Waals surface area contributed by atoms with Crippen molar-refractivity contribution in [1.82, 2.24) is 4.90 Å². The lowest BCUT2D eigenvalue weighted by Crippen LogP contribution is -2.29. The van der Waals surface area contributed by atoms with Crippen molar-refractivity contribution in [3.63, 3.8) is 0 Å². The minimum absolute atomic E-state index is 0.638. The van der Waals surface area contributed by atoms with Gasteiger partial charge in [0.1, 0.15) is 0 Å². The summed E-state index contributed by atoms with van der Waals surface area (Å²) in [5.41, 5.74) is 9.68. The van der Waals surface area contributed by atoms with Crippen LogP contribution in [0.4, 0.5) is 0 Å². The highest BCUT2D eigenvalue weighted by Crippen LogP contribution is 2.27. The average Bonchev–Trinajstić information content (AvgIpc) is 2.26. The van der Waals surface area contributed by atoms with Gasteiger partial charge in [-0.15, -0.1) is 0 Å². The van der Waals surface area contributed by atoms with Gasteiger partial charge >= 0.3 is 0 Å². The Labute approximate surface area is 105 Å². The molecule has 0 atom stereocenters. The summed E-state index contributed by atoms with van der Waals surface area (Å²) >= 11 is 0. The third-order valence-corrected chi connectivity index (χ3v) is 3.88. The van der Waals surface area contributed by atoms with Gasteiger partial charge in [-0.25, -0.2) is 0 Å². The maximum Gasteiger partial charge on any atom is 0.0233 e. The van der Waals surface area contributed by atoms with Gasteiger partial charge in [-0.05, 0) is 49.4 Å². The van der Waals surface area contributed by atoms with Crippen LogP contribution in [-0.2, 0) is 13.1 Å². The van der Waals surface area contributed by atoms with Crippen molar-refractivity contribution in [2.75, 3.05) is 13.6 Å². The Hall–Kier alpha value is -0.860. The smallest absolute Gasteiger partial charge is 0.0233 e. The molecule has 94 valence electrons. The molecule has 0 aliphatic heterocycles. The molecule has 0 unspecified atom stereocenters. The van der Waals surface area contributed by atoms with E-state index in [9.17, 15) is 0 Å². The van der Waals surface area contributed by atoms with E-state index in [-0.39, 0.29) is 0 Å². The molecule has 1 fully saturated rings. The van der Waals surface area contributed by atoms with Crippen LogP contribution < -0.4 is 5.73 Å². The zero-order chi connectivity index (χ0) is 12.3. The minimum Gasteiger partial charge on any atom is -0.326 e. The van der Waals surface area contributed by atoms with Crippen LogP contribution in [0, 0.1) is 12.8 Å². The number of nitrogens with zero attached hydrogens (tertiary/aromatic N) is 1. The van der Waals surface area contributed by atoms with Gasteiger partial charge in [0.15, 0.2) is 0 Å². The first-order chi connectivity index (χ1) is 8.19. The van der Waals surface area contributed by atoms with Gasteiger partial charge in [-0.1, -0.05) is 24.6 Å². The van der Waals surface area contributed by atoms with Gasteiger partial charge in [-0.3, -0.25) is 0 Å². The second-order valence-electron chi connectivity index (χ2n) is 5.46. The molecule has 0 spiro atoms. The lowest BCUT2D eigenvalue weighted by Gasteiger charge is -2.30. The third-order valence-electron chi connectivity index (χ3n) is 3.88. The Balaban J connectivity index is 1.92. The largest absolute Gasteiger partial charge is 0.326 e. The Morgan fingerprint density at radius 1 is 1.35 bits per heavy atom. The first kappa shape index (κ1) is 12.6. The Morgan fingerprint density at radius 2 is 2.12 bits per heavy atom. The normalized spacial score (nSPS) is 16.2. The van der Waals surface area contributed by atoms with E-state index in [1.807, 2.05) is 0 Å². The highest BCUT2D eigenvalue weighted by atomic mass is 15.1. The number of aryl methyl sites for hydroxylation is 1. The predicted molar refractivity (Wildman–Crippen MR) is 72.7 cm³/mol. The molecular formula is C15H24N2. The fourth-order valence-corrected chi connectivity index (χ4v) is 2.53. The van der Waals surface area contributed by atoms with Crippen molar-refractivity contribution in [1.29, 1.82) is 0 Å². The number of hydrogen-bond donors (Lipinski definition) is 1. The molecule has 0 aromatic heterocycles. The van der Waals surface area contributed by atoms with Gasteiger partial charge in [-0.2, -0.15) is 0 Å². The van der Waals surface area contributed by atoms with Crippen LogP contribution in [0.1, 0.15) is 36.0 Å². The van der Waals surface area contributed by atoms with Gasteiger partial charge in [0.05, 0.1) is 0 Å². The molecule has 1 saturated carbocycles. The lowest BCUT2D eigenvalue weighted by molar-refractivity contribution is 0.200. The number of benzene rings is 1. The average molecular weight is 232 g/mol. The van der Waals surface area contributed by atoms with E-state index in [1.165, 1.54) is 42.5 Å². The molecule has 0 radical (unpaired) electrons. The second kappa shape index (κ2) is 5.65. The minimum atomic E-state index is 0.638. The van der Waals surface area contributed by atoms with Crippen LogP contribution in [0.3, 0.4) is 0 Å². The van der Waals surface area contributed by atoms with Crippen LogP contribution in [0.2, 0.25) is 0 Å². The van der Waals surface area contributed by atoms with Crippen molar-refractivity contribution in [3.8, 4) is 0 Å². The van der Waals surface area contributed by atoms with Crippen LogP contribution in [0.5, 0.6) is 0 Å². The van der Waals surface area contributed by atoms with E-state index in [4.69, 9.17) is 5.73 Å². The van der Waals surface area contributed by atoms with Crippen LogP contribution in [-0.4, -0.2) is 18.5 Å². The first-order valence-corrected chi connectivity index (χ1v) is 6.66. The molecule has 2 nitrogen and oxygen atoms in total. The van der Waals surface area contributed by atoms with E-state index < -0.39 is 0 Å². The molecule has 0 bridgehead atoms. The molecule has 0 saturated heterocycles. The van der Waals surface area contributed by atoms with Gasteiger partial charge in [0.25, 0.3) is 0 Å². The molecule has 17 heavy (non-hydrogen) atoms. The molecule has 1 aromatic rings. The molecule has 1 aliphatic rings. The summed E-state index contributed by atoms with van der Waals surface area (Å²) in [5.74, 6) is 0.948. The quantitative estimate of drug-likeness (QED) is 0.845. The first-order valence-electron chi connectivity index (χ1n) is 6.66. The molecule has 2 heteroatoms. The SMILES string of the molecule is Cc1cc(CN)ccc1CN(C)CC1CCC1. The number of rotatable bonds is 5. The lowest BCUT2D eigenvalue weighted by atomic mass is 9.85. The summed E-state index contributed by atoms with van der Waals surface area (Å²) in [6.07, 6.45) is 4.29. The monoisotopic (exact) mass is 232 g/mol. The van der Waals surface area contributed by atoms with E-state index in [0.717, 1.165) is 12.5 Å². The molecule has 1 aromatic carbocycles. The van der Waals surface area contributed by atoms with Crippen LogP contribution in [0.25, 0.3) is 0 Å². The van der Waals surface area contributed by atoms with Crippen LogP contribution in [0.15, 0.2) is 18.2 Å². The maximum atomic E-state index is 5.65. The van der Waals surface area contributed by atoms with Crippen molar-refractivity contribution >= 4 is 0 Å². The van der Waals surface area contributed by atoms with Crippen molar-refractivity contribution in [2.24, 2.45) is 11.7 Å². The standard InChI is InChI=1S/C15H24N2/c1-12-8-14(9-16)6-7-15(12)11-17(2)10-13-4-3-5-13/h6-8,13H,3-5,9-11,16H2,1-2H3. The fourth-order valence-electron chi connectivity index (χ4n) is 2.53. The van der Waals surface area contributed by atoms with Gasteiger partial charge in [0.2, 0.25) is 0 Å². The summed E-state index contributed by atoms with van der Waals surface area (Å²) < 4.78 is 0. The summed E-state index contributed by atoms with van der Waals surface area (Å²) in [7, 11) is 2.23. The molecule has 0 amide bonds. The fraction of sp³-hybridized carbons (Fsp3) is 0.600. The summed E-state index contributed by atoms with van der Waals surface area (Å²) in [6, 6.07) is 6.60. The summed E-state index contributed by atoms with van der Waals surface area (Å²) in [6.45, 7) is 5.13. The Morgan fingerprint density at radius 3 is 2.65 bits per heavy atom. The Bertz CT molecular complexity index is 369. The number of nitrogens with two attached hydrogens (primary N) is 1. The Kier molecular flexibility index (Phi) is 4.19. The predicted octanol–water partition coefficient (Wildman–Crippen LogP) is 2.69. The molecule has 2 rings (SSSR count). The zero-order valence-corrected chi connectivity index (χ0v) is 11.1. The van der Waals surface area contributed by atoms with E-state index in [1.54, 1.807) is 0 Å². The molecule has 1 aliphatic carbocycles. The molecular weight excluding hydrogens is 208 g/mol. The highest BCUT2D eigenvalue weighted by Gasteiger charge is 2.19. The molecule has 2 N–H and O–H groups in total. The van der Waals surface area contributed by atoms with Crippen molar-refractivity contribution < 1.29 is 0 Å². The highest BCUT2D eigenvalue weighted by molar-refractivity contribution is 5.30. The van der Waals surface area contributed by atoms with Crippen molar-refractivity contribution in [3.05, 3.63) is 34.9 Å². The van der Waals surface area contributed by atoms with E-state index in [0.29, 0.717) is 6.54 Å². The zero-order valence-electron chi connectivity index (χ0n) is 11.1. The van der Waals surface area contributed by atoms with E-state index in [2.05, 4.69) is 37.1 Å². The van der Waals surface area contributed by atoms with Gasteiger partial charge in [0, 0.05) is 19.6 Å². The van der Waals surface area contributed by atoms with E-state index >= 15 is 0 Å². The summed E-state index contributed by atoms with van der Waals surface area (Å²) in [5, 5.41) is 0. The van der Waals surface area contributed by atoms with Crippen LogP contribution >= 0.6 is 0 Å². The van der Waals surface area contributed by atoms with Crippen molar-refractivity contribution in [2.45, 2.75) is 39.3 Å². The maximum absolute atomic E-state index is 5.65. The molecule has 0 heterocycles. The van der Waals surface area contributed by atoms with Gasteiger partial charge < -0.3 is 10.6 Å². The topological polar surface area (TPSA) is 29.3 Å². The number of hydrogen-bond acceptors (Lipinski definition) is 2. The second-order valence-corrected chi connectivity index (χ2v) is 5.46. The summed E-state index contributed by atoms with van der Waals surface area (Å²) in [4.78, 5) is 2.45. The third kappa shape index (κ3) is 3.30.